The second-order valence-corrected chi connectivity index (χ2v) is 5.04. The van der Waals surface area contributed by atoms with E-state index in [4.69, 9.17) is 9.47 Å². The van der Waals surface area contributed by atoms with E-state index in [1.54, 1.807) is 0 Å². The topological polar surface area (TPSA) is 56.3 Å². The summed E-state index contributed by atoms with van der Waals surface area (Å²) >= 11 is 0. The zero-order valence-corrected chi connectivity index (χ0v) is 13.0. The molecule has 1 aromatic carbocycles. The fourth-order valence-corrected chi connectivity index (χ4v) is 1.94. The molecule has 0 aliphatic rings. The van der Waals surface area contributed by atoms with E-state index in [9.17, 15) is 4.39 Å². The minimum absolute atomic E-state index is 0.0650. The number of benzene rings is 1. The van der Waals surface area contributed by atoms with Gasteiger partial charge in [0.15, 0.2) is 0 Å². The van der Waals surface area contributed by atoms with Crippen molar-refractivity contribution in [3.63, 3.8) is 0 Å². The number of rotatable bonds is 7. The van der Waals surface area contributed by atoms with E-state index in [0.29, 0.717) is 12.5 Å². The number of nitrogens with one attached hydrogen (secondary N) is 1. The van der Waals surface area contributed by atoms with Gasteiger partial charge in [-0.2, -0.15) is 9.37 Å². The van der Waals surface area contributed by atoms with Gasteiger partial charge in [0, 0.05) is 6.54 Å². The van der Waals surface area contributed by atoms with Gasteiger partial charge in [0.1, 0.15) is 5.75 Å². The molecule has 0 unspecified atom stereocenters. The van der Waals surface area contributed by atoms with Crippen molar-refractivity contribution < 1.29 is 13.9 Å². The summed E-state index contributed by atoms with van der Waals surface area (Å²) in [5.74, 6) is 0.552. The molecule has 1 heterocycles. The second-order valence-electron chi connectivity index (χ2n) is 5.04. The maximum Gasteiger partial charge on any atom is 0.255 e. The first-order valence-corrected chi connectivity index (χ1v) is 7.14. The Hall–Kier alpha value is -2.37. The van der Waals surface area contributed by atoms with E-state index in [1.165, 1.54) is 7.11 Å². The lowest BCUT2D eigenvalue weighted by atomic mass is 10.1. The first-order valence-electron chi connectivity index (χ1n) is 7.14. The van der Waals surface area contributed by atoms with Gasteiger partial charge in [-0.05, 0) is 38.0 Å². The van der Waals surface area contributed by atoms with E-state index in [2.05, 4.69) is 15.3 Å². The summed E-state index contributed by atoms with van der Waals surface area (Å²) in [6.45, 7) is 4.61. The van der Waals surface area contributed by atoms with Crippen LogP contribution < -0.4 is 14.8 Å². The Balaban J connectivity index is 1.91. The normalized spacial score (nSPS) is 10.6. The summed E-state index contributed by atoms with van der Waals surface area (Å²) in [5, 5.41) is 3.05. The number of halogens is 1. The van der Waals surface area contributed by atoms with E-state index >= 15 is 0 Å². The van der Waals surface area contributed by atoms with Crippen LogP contribution in [0.3, 0.4) is 0 Å². The van der Waals surface area contributed by atoms with Gasteiger partial charge in [-0.3, -0.25) is 0 Å². The quantitative estimate of drug-likeness (QED) is 0.852. The van der Waals surface area contributed by atoms with Crippen LogP contribution in [-0.4, -0.2) is 29.7 Å². The summed E-state index contributed by atoms with van der Waals surface area (Å²) < 4.78 is 23.7. The third-order valence-electron chi connectivity index (χ3n) is 2.87. The number of ether oxygens (including phenoxy) is 2. The molecule has 0 radical (unpaired) electrons. The van der Waals surface area contributed by atoms with Gasteiger partial charge < -0.3 is 14.8 Å². The van der Waals surface area contributed by atoms with Crippen LogP contribution in [0.2, 0.25) is 0 Å². The highest BCUT2D eigenvalue weighted by atomic mass is 19.1. The number of methoxy groups -OCH3 is 1. The summed E-state index contributed by atoms with van der Waals surface area (Å²) in [6, 6.07) is 7.93. The zero-order chi connectivity index (χ0) is 15.9. The highest BCUT2D eigenvalue weighted by molar-refractivity contribution is 5.31. The largest absolute Gasteiger partial charge is 0.491 e. The fraction of sp³-hybridized carbons (Fsp3) is 0.375. The lowest BCUT2D eigenvalue weighted by Gasteiger charge is -2.11. The van der Waals surface area contributed by atoms with Gasteiger partial charge >= 0.3 is 0 Å². The number of nitrogens with zero attached hydrogens (tertiary/aromatic N) is 2. The molecule has 5 nitrogen and oxygen atoms in total. The van der Waals surface area contributed by atoms with Gasteiger partial charge in [-0.15, -0.1) is 0 Å². The van der Waals surface area contributed by atoms with Crippen molar-refractivity contribution in [2.45, 2.75) is 26.4 Å². The van der Waals surface area contributed by atoms with Gasteiger partial charge in [0.2, 0.25) is 11.8 Å². The molecule has 6 heteroatoms. The summed E-state index contributed by atoms with van der Waals surface area (Å²) in [6.07, 6.45) is 2.01. The molecule has 0 amide bonds. The average molecular weight is 305 g/mol. The third kappa shape index (κ3) is 4.58. The summed E-state index contributed by atoms with van der Waals surface area (Å²) in [4.78, 5) is 7.81. The monoisotopic (exact) mass is 305 g/mol. The molecular formula is C16H20FN3O2. The average Bonchev–Trinajstić information content (AvgIpc) is 2.48. The van der Waals surface area contributed by atoms with E-state index in [-0.39, 0.29) is 12.0 Å². The van der Waals surface area contributed by atoms with Crippen molar-refractivity contribution in [3.05, 3.63) is 41.8 Å². The molecular weight excluding hydrogens is 285 g/mol. The molecule has 0 fully saturated rings. The highest BCUT2D eigenvalue weighted by Crippen LogP contribution is 2.16. The predicted octanol–water partition coefficient (Wildman–Crippen LogP) is 3.07. The van der Waals surface area contributed by atoms with E-state index in [0.717, 1.165) is 23.9 Å². The Morgan fingerprint density at radius 1 is 1.32 bits per heavy atom. The van der Waals surface area contributed by atoms with Crippen LogP contribution in [0, 0.1) is 5.82 Å². The number of hydrogen-bond donors (Lipinski definition) is 1. The standard InChI is InChI=1S/C16H20FN3O2/c1-11(2)22-13-6-4-5-12(9-13)7-8-18-16-19-10-14(17)15(20-16)21-3/h4-6,9-11H,7-8H2,1-3H3,(H,18,19,20). The molecule has 0 atom stereocenters. The molecule has 0 bridgehead atoms. The molecule has 22 heavy (non-hydrogen) atoms. The SMILES string of the molecule is COc1nc(NCCc2cccc(OC(C)C)c2)ncc1F. The molecule has 0 saturated heterocycles. The lowest BCUT2D eigenvalue weighted by molar-refractivity contribution is 0.242. The van der Waals surface area contributed by atoms with Crippen LogP contribution in [0.5, 0.6) is 11.6 Å². The first kappa shape index (κ1) is 16.0. The van der Waals surface area contributed by atoms with Gasteiger partial charge in [-0.25, -0.2) is 4.98 Å². The van der Waals surface area contributed by atoms with Crippen molar-refractivity contribution in [2.75, 3.05) is 19.0 Å². The second kappa shape index (κ2) is 7.59. The molecule has 2 rings (SSSR count). The number of anilines is 1. The highest BCUT2D eigenvalue weighted by Gasteiger charge is 2.06. The Labute approximate surface area is 129 Å². The minimum atomic E-state index is -0.577. The van der Waals surface area contributed by atoms with Crippen molar-refractivity contribution in [3.8, 4) is 11.6 Å². The fourth-order valence-electron chi connectivity index (χ4n) is 1.94. The predicted molar refractivity (Wildman–Crippen MR) is 82.9 cm³/mol. The van der Waals surface area contributed by atoms with Crippen molar-refractivity contribution in [2.24, 2.45) is 0 Å². The van der Waals surface area contributed by atoms with Crippen molar-refractivity contribution >= 4 is 5.95 Å². The Bertz CT molecular complexity index is 620. The van der Waals surface area contributed by atoms with Gasteiger partial charge in [0.25, 0.3) is 5.88 Å². The van der Waals surface area contributed by atoms with E-state index in [1.807, 2.05) is 38.1 Å². The van der Waals surface area contributed by atoms with Crippen molar-refractivity contribution in [1.82, 2.24) is 9.97 Å². The molecule has 1 N–H and O–H groups in total. The Kier molecular flexibility index (Phi) is 5.52. The third-order valence-corrected chi connectivity index (χ3v) is 2.87. The maximum atomic E-state index is 13.2. The zero-order valence-electron chi connectivity index (χ0n) is 13.0. The molecule has 0 aliphatic carbocycles. The van der Waals surface area contributed by atoms with Crippen LogP contribution in [-0.2, 0) is 6.42 Å². The first-order chi connectivity index (χ1) is 10.6. The number of aromatic nitrogens is 2. The molecule has 0 saturated carbocycles. The summed E-state index contributed by atoms with van der Waals surface area (Å²) in [5.41, 5.74) is 1.14. The van der Waals surface area contributed by atoms with Gasteiger partial charge in [0.05, 0.1) is 19.4 Å². The van der Waals surface area contributed by atoms with Gasteiger partial charge in [-0.1, -0.05) is 12.1 Å². The summed E-state index contributed by atoms with van der Waals surface area (Å²) in [7, 11) is 1.37. The van der Waals surface area contributed by atoms with Crippen LogP contribution in [0.4, 0.5) is 10.3 Å². The molecule has 2 aromatic rings. The van der Waals surface area contributed by atoms with Crippen LogP contribution >= 0.6 is 0 Å². The Morgan fingerprint density at radius 3 is 2.86 bits per heavy atom. The molecule has 0 spiro atoms. The smallest absolute Gasteiger partial charge is 0.255 e. The van der Waals surface area contributed by atoms with Crippen molar-refractivity contribution in [1.29, 1.82) is 0 Å². The molecule has 118 valence electrons. The lowest BCUT2D eigenvalue weighted by Crippen LogP contribution is -2.09. The maximum absolute atomic E-state index is 13.2. The van der Waals surface area contributed by atoms with Crippen LogP contribution in [0.15, 0.2) is 30.5 Å². The number of hydrogen-bond acceptors (Lipinski definition) is 5. The minimum Gasteiger partial charge on any atom is -0.491 e. The molecule has 1 aromatic heterocycles. The molecule has 0 aliphatic heterocycles. The Morgan fingerprint density at radius 2 is 2.14 bits per heavy atom. The van der Waals surface area contributed by atoms with Crippen LogP contribution in [0.25, 0.3) is 0 Å². The van der Waals surface area contributed by atoms with Crippen LogP contribution in [0.1, 0.15) is 19.4 Å². The van der Waals surface area contributed by atoms with E-state index < -0.39 is 5.82 Å².